The van der Waals surface area contributed by atoms with Gasteiger partial charge in [0.2, 0.25) is 0 Å². The summed E-state index contributed by atoms with van der Waals surface area (Å²) >= 11 is 0. The molecular formula is C48H82O4S. The molecule has 4 unspecified atom stereocenters. The summed E-state index contributed by atoms with van der Waals surface area (Å²) in [5.41, 5.74) is 5.20. The first-order chi connectivity index (χ1) is 24.7. The number of methoxy groups -OCH3 is 2. The Morgan fingerprint density at radius 2 is 0.811 bits per heavy atom. The zero-order valence-electron chi connectivity index (χ0n) is 37.4. The second-order valence-corrected chi connectivity index (χ2v) is 22.1. The normalized spacial score (nSPS) is 19.4. The van der Waals surface area contributed by atoms with E-state index in [0.29, 0.717) is 13.2 Å². The van der Waals surface area contributed by atoms with Crippen LogP contribution in [-0.2, 0) is 29.8 Å². The van der Waals surface area contributed by atoms with Crippen LogP contribution in [-0.4, -0.2) is 61.3 Å². The van der Waals surface area contributed by atoms with Crippen molar-refractivity contribution in [2.24, 2.45) is 0 Å². The molecule has 3 rings (SSSR count). The predicted octanol–water partition coefficient (Wildman–Crippen LogP) is 13.8. The molecule has 2 aromatic rings. The molecule has 0 aromatic heterocycles. The number of hydrogen-bond donors (Lipinski definition) is 0. The first kappa shape index (κ1) is 46.0. The van der Waals surface area contributed by atoms with E-state index in [0.717, 1.165) is 64.2 Å². The van der Waals surface area contributed by atoms with Crippen LogP contribution in [0.5, 0.6) is 0 Å². The largest absolute Gasteiger partial charge is 0.376 e. The van der Waals surface area contributed by atoms with Gasteiger partial charge in [0.05, 0.1) is 35.6 Å². The summed E-state index contributed by atoms with van der Waals surface area (Å²) in [5.74, 6) is 2.35. The number of fused-ring (bicyclic) bond motifs is 3. The van der Waals surface area contributed by atoms with E-state index in [1.165, 1.54) is 33.8 Å². The average molecular weight is 755 g/mol. The van der Waals surface area contributed by atoms with Gasteiger partial charge in [-0.15, -0.1) is 0 Å². The van der Waals surface area contributed by atoms with Crippen LogP contribution in [0, 0.1) is 0 Å². The van der Waals surface area contributed by atoms with Crippen molar-refractivity contribution >= 4 is 10.0 Å². The van der Waals surface area contributed by atoms with Crippen molar-refractivity contribution in [1.29, 1.82) is 0 Å². The molecule has 0 radical (unpaired) electrons. The molecule has 0 amide bonds. The minimum absolute atomic E-state index is 0.119. The summed E-state index contributed by atoms with van der Waals surface area (Å²) in [5, 5.41) is 0. The zero-order valence-corrected chi connectivity index (χ0v) is 38.2. The smallest absolute Gasteiger partial charge is 0.0880 e. The summed E-state index contributed by atoms with van der Waals surface area (Å²) < 4.78 is 25.4. The second-order valence-electron chi connectivity index (χ2n) is 18.6. The molecule has 5 heteroatoms. The van der Waals surface area contributed by atoms with Gasteiger partial charge in [-0.3, -0.25) is 0 Å². The second kappa shape index (κ2) is 18.3. The standard InChI is InChI=1S/C48H82O4S/c1-17-43(7,8)37-25-27-39-40-28-26-38(44(9,10)18-2)34-42(40)53(41(39)33-37,31-23-29-45(11,19-3)51-35-47(13,21-5)49-15)32-24-30-46(12,20-4)52-36-48(14,22-6)50-16/h25-28,33-34H,17-24,29-32,35-36H2,1-16H3. The van der Waals surface area contributed by atoms with E-state index in [1.54, 1.807) is 9.79 Å². The molecular weight excluding hydrogens is 673 g/mol. The highest BCUT2D eigenvalue weighted by atomic mass is 32.3. The molecule has 304 valence electrons. The fourth-order valence-corrected chi connectivity index (χ4v) is 11.9. The Hall–Kier alpha value is -1.37. The van der Waals surface area contributed by atoms with E-state index in [4.69, 9.17) is 18.9 Å². The van der Waals surface area contributed by atoms with Gasteiger partial charge in [-0.2, -0.15) is 10.0 Å². The highest BCUT2D eigenvalue weighted by Crippen LogP contribution is 2.73. The lowest BCUT2D eigenvalue weighted by Gasteiger charge is -2.42. The Bertz CT molecular complexity index is 1340. The van der Waals surface area contributed by atoms with Gasteiger partial charge in [-0.05, 0) is 149 Å². The molecule has 0 N–H and O–H groups in total. The summed E-state index contributed by atoms with van der Waals surface area (Å²) in [4.78, 5) is 3.24. The van der Waals surface area contributed by atoms with Crippen molar-refractivity contribution in [3.63, 3.8) is 0 Å². The van der Waals surface area contributed by atoms with Crippen LogP contribution >= 0.6 is 10.0 Å². The summed E-state index contributed by atoms with van der Waals surface area (Å²) in [6.07, 6.45) is 10.4. The lowest BCUT2D eigenvalue weighted by atomic mass is 9.81. The molecule has 0 spiro atoms. The Morgan fingerprint density at radius 1 is 0.472 bits per heavy atom. The topological polar surface area (TPSA) is 36.9 Å². The monoisotopic (exact) mass is 755 g/mol. The van der Waals surface area contributed by atoms with E-state index in [2.05, 4.69) is 133 Å². The maximum Gasteiger partial charge on any atom is 0.0880 e. The number of rotatable bonds is 24. The van der Waals surface area contributed by atoms with Crippen molar-refractivity contribution in [2.75, 3.05) is 38.9 Å². The zero-order chi connectivity index (χ0) is 39.9. The van der Waals surface area contributed by atoms with Gasteiger partial charge in [0.1, 0.15) is 0 Å². The van der Waals surface area contributed by atoms with Crippen LogP contribution in [0.2, 0.25) is 0 Å². The Balaban J connectivity index is 2.15. The molecule has 0 saturated carbocycles. The summed E-state index contributed by atoms with van der Waals surface area (Å²) in [6, 6.07) is 15.1. The van der Waals surface area contributed by atoms with Crippen LogP contribution in [0.25, 0.3) is 11.1 Å². The maximum absolute atomic E-state index is 6.79. The fourth-order valence-electron chi connectivity index (χ4n) is 7.40. The Kier molecular flexibility index (Phi) is 15.9. The molecule has 4 atom stereocenters. The van der Waals surface area contributed by atoms with Crippen molar-refractivity contribution in [3.05, 3.63) is 47.5 Å². The molecule has 1 heterocycles. The molecule has 0 fully saturated rings. The number of benzene rings is 2. The minimum atomic E-state index is -1.39. The van der Waals surface area contributed by atoms with Crippen LogP contribution in [0.15, 0.2) is 46.2 Å². The summed E-state index contributed by atoms with van der Waals surface area (Å²) in [6.45, 7) is 33.5. The van der Waals surface area contributed by atoms with Crippen LogP contribution in [0.1, 0.15) is 172 Å². The molecule has 53 heavy (non-hydrogen) atoms. The highest BCUT2D eigenvalue weighted by molar-refractivity contribution is 8.34. The van der Waals surface area contributed by atoms with Crippen molar-refractivity contribution in [2.45, 2.75) is 204 Å². The minimum Gasteiger partial charge on any atom is -0.376 e. The maximum atomic E-state index is 6.79. The van der Waals surface area contributed by atoms with E-state index >= 15 is 0 Å². The van der Waals surface area contributed by atoms with Crippen molar-refractivity contribution in [1.82, 2.24) is 0 Å². The molecule has 2 aromatic carbocycles. The van der Waals surface area contributed by atoms with Crippen LogP contribution in [0.4, 0.5) is 0 Å². The molecule has 1 aliphatic rings. The third-order valence-corrected chi connectivity index (χ3v) is 18.6. The highest BCUT2D eigenvalue weighted by Gasteiger charge is 2.42. The van der Waals surface area contributed by atoms with Gasteiger partial charge >= 0.3 is 0 Å². The first-order valence-corrected chi connectivity index (χ1v) is 23.2. The van der Waals surface area contributed by atoms with Crippen molar-refractivity contribution in [3.8, 4) is 11.1 Å². The van der Waals surface area contributed by atoms with E-state index in [1.807, 2.05) is 14.2 Å². The van der Waals surface area contributed by atoms with Gasteiger partial charge in [0.25, 0.3) is 0 Å². The average Bonchev–Trinajstić information content (AvgIpc) is 3.44. The first-order valence-electron chi connectivity index (χ1n) is 21.2. The lowest BCUT2D eigenvalue weighted by Crippen LogP contribution is -2.39. The number of ether oxygens (including phenoxy) is 4. The SMILES string of the molecule is CCC(C)(COC(C)(CC)CCCS1(CCCC(C)(CC)OCC(C)(CC)OC)c2cc(C(C)(C)CC)ccc2-c2ccc(C(C)(C)CC)cc21)OC. The Morgan fingerprint density at radius 3 is 1.09 bits per heavy atom. The Labute approximate surface area is 329 Å². The molecule has 0 aliphatic carbocycles. The third-order valence-electron chi connectivity index (χ3n) is 14.3. The van der Waals surface area contributed by atoms with Crippen LogP contribution in [0.3, 0.4) is 0 Å². The molecule has 0 saturated heterocycles. The van der Waals surface area contributed by atoms with E-state index in [-0.39, 0.29) is 33.2 Å². The third kappa shape index (κ3) is 10.5. The number of hydrogen-bond acceptors (Lipinski definition) is 4. The summed E-state index contributed by atoms with van der Waals surface area (Å²) in [7, 11) is 2.24. The fraction of sp³-hybridized carbons (Fsp3) is 0.750. The molecule has 1 aliphatic heterocycles. The molecule has 0 bridgehead atoms. The quantitative estimate of drug-likeness (QED) is 0.107. The van der Waals surface area contributed by atoms with E-state index in [9.17, 15) is 0 Å². The van der Waals surface area contributed by atoms with Gasteiger partial charge in [-0.1, -0.05) is 93.5 Å². The van der Waals surface area contributed by atoms with Gasteiger partial charge in [0, 0.05) is 24.0 Å². The van der Waals surface area contributed by atoms with E-state index < -0.39 is 10.0 Å². The molecule has 4 nitrogen and oxygen atoms in total. The van der Waals surface area contributed by atoms with Gasteiger partial charge in [-0.25, -0.2) is 0 Å². The van der Waals surface area contributed by atoms with Crippen LogP contribution < -0.4 is 0 Å². The lowest BCUT2D eigenvalue weighted by molar-refractivity contribution is -0.125. The van der Waals surface area contributed by atoms with Gasteiger partial charge < -0.3 is 18.9 Å². The predicted molar refractivity (Wildman–Crippen MR) is 232 cm³/mol. The van der Waals surface area contributed by atoms with Crippen molar-refractivity contribution < 1.29 is 18.9 Å². The van der Waals surface area contributed by atoms with Gasteiger partial charge in [0.15, 0.2) is 0 Å².